The summed E-state index contributed by atoms with van der Waals surface area (Å²) in [5.74, 6) is 0.0549. The summed E-state index contributed by atoms with van der Waals surface area (Å²) in [4.78, 5) is 42.3. The number of aromatic nitrogens is 3. The van der Waals surface area contributed by atoms with Crippen LogP contribution in [0.5, 0.6) is 0 Å². The fourth-order valence-electron chi connectivity index (χ4n) is 3.35. The van der Waals surface area contributed by atoms with Gasteiger partial charge in [0.2, 0.25) is 5.91 Å². The lowest BCUT2D eigenvalue weighted by molar-refractivity contribution is -0.130. The van der Waals surface area contributed by atoms with Crippen LogP contribution in [-0.4, -0.2) is 64.4 Å². The predicted octanol–water partition coefficient (Wildman–Crippen LogP) is 2.64. The van der Waals surface area contributed by atoms with Gasteiger partial charge in [-0.15, -0.1) is 11.3 Å². The van der Waals surface area contributed by atoms with Crippen molar-refractivity contribution in [2.75, 3.05) is 37.6 Å². The van der Waals surface area contributed by atoms with Crippen LogP contribution < -0.4 is 10.2 Å². The Morgan fingerprint density at radius 1 is 1.13 bits per heavy atom. The minimum absolute atomic E-state index is 0.0511. The van der Waals surface area contributed by atoms with Gasteiger partial charge >= 0.3 is 0 Å². The summed E-state index contributed by atoms with van der Waals surface area (Å²) in [6.45, 7) is 4.33. The van der Waals surface area contributed by atoms with Gasteiger partial charge in [0.15, 0.2) is 10.8 Å². The van der Waals surface area contributed by atoms with Gasteiger partial charge in [-0.05, 0) is 31.2 Å². The summed E-state index contributed by atoms with van der Waals surface area (Å²) in [6, 6.07) is 9.41. The molecular weight excluding hydrogens is 436 g/mol. The molecule has 1 N–H and O–H groups in total. The van der Waals surface area contributed by atoms with Crippen molar-refractivity contribution in [1.29, 1.82) is 0 Å². The lowest BCUT2D eigenvalue weighted by atomic mass is 10.2. The van der Waals surface area contributed by atoms with Gasteiger partial charge < -0.3 is 15.1 Å². The van der Waals surface area contributed by atoms with E-state index in [0.29, 0.717) is 52.6 Å². The highest BCUT2D eigenvalue weighted by Gasteiger charge is 2.23. The highest BCUT2D eigenvalue weighted by molar-refractivity contribution is 7.17. The molecule has 160 valence electrons. The maximum Gasteiger partial charge on any atom is 0.263 e. The molecule has 0 saturated carbocycles. The summed E-state index contributed by atoms with van der Waals surface area (Å²) >= 11 is 7.29. The number of hydrogen-bond acceptors (Lipinski definition) is 7. The Balaban J connectivity index is 1.30. The number of piperazine rings is 1. The van der Waals surface area contributed by atoms with Crippen molar-refractivity contribution >= 4 is 40.4 Å². The third-order valence-corrected chi connectivity index (χ3v) is 6.35. The summed E-state index contributed by atoms with van der Waals surface area (Å²) in [5, 5.41) is 3.99. The molecule has 0 spiro atoms. The second-order valence-corrected chi connectivity index (χ2v) is 8.47. The standard InChI is InChI=1S/C21H21ClN6O2S/c1-14-18(31-21(26-14)19-23-6-3-7-24-19)20(30)25-13-17(29)28-10-8-27(9-11-28)16-5-2-4-15(22)12-16/h2-7,12H,8-11,13H2,1H3,(H,25,30). The molecule has 10 heteroatoms. The average molecular weight is 457 g/mol. The minimum Gasteiger partial charge on any atom is -0.368 e. The molecule has 1 aliphatic rings. The predicted molar refractivity (Wildman–Crippen MR) is 120 cm³/mol. The Morgan fingerprint density at radius 3 is 2.58 bits per heavy atom. The van der Waals surface area contributed by atoms with Crippen molar-refractivity contribution in [3.05, 3.63) is 58.3 Å². The number of rotatable bonds is 5. The number of anilines is 1. The molecule has 2 amide bonds. The lowest BCUT2D eigenvalue weighted by Gasteiger charge is -2.36. The topological polar surface area (TPSA) is 91.3 Å². The molecule has 4 rings (SSSR count). The van der Waals surface area contributed by atoms with E-state index in [4.69, 9.17) is 11.6 Å². The Kier molecular flexibility index (Phi) is 6.43. The SMILES string of the molecule is Cc1nc(-c2ncccn2)sc1C(=O)NCC(=O)N1CCN(c2cccc(Cl)c2)CC1. The van der Waals surface area contributed by atoms with E-state index < -0.39 is 0 Å². The van der Waals surface area contributed by atoms with Gasteiger partial charge in [0.25, 0.3) is 5.91 Å². The Hall–Kier alpha value is -3.04. The highest BCUT2D eigenvalue weighted by Crippen LogP contribution is 2.25. The van der Waals surface area contributed by atoms with Gasteiger partial charge in [0.05, 0.1) is 12.2 Å². The van der Waals surface area contributed by atoms with Crippen LogP contribution in [-0.2, 0) is 4.79 Å². The van der Waals surface area contributed by atoms with E-state index in [-0.39, 0.29) is 18.4 Å². The summed E-state index contributed by atoms with van der Waals surface area (Å²) in [7, 11) is 0. The number of nitrogens with one attached hydrogen (secondary N) is 1. The molecular formula is C21H21ClN6O2S. The molecule has 0 atom stereocenters. The Labute approximate surface area is 188 Å². The number of benzene rings is 1. The van der Waals surface area contributed by atoms with E-state index in [9.17, 15) is 9.59 Å². The first-order chi connectivity index (χ1) is 15.0. The molecule has 3 aromatic rings. The monoisotopic (exact) mass is 456 g/mol. The van der Waals surface area contributed by atoms with Gasteiger partial charge in [-0.2, -0.15) is 0 Å². The molecule has 8 nitrogen and oxygen atoms in total. The number of halogens is 1. The van der Waals surface area contributed by atoms with Crippen LogP contribution in [0.15, 0.2) is 42.7 Å². The van der Waals surface area contributed by atoms with Crippen LogP contribution in [0, 0.1) is 6.92 Å². The third-order valence-electron chi connectivity index (χ3n) is 4.97. The van der Waals surface area contributed by atoms with Crippen LogP contribution >= 0.6 is 22.9 Å². The quantitative estimate of drug-likeness (QED) is 0.634. The van der Waals surface area contributed by atoms with E-state index in [1.807, 2.05) is 24.3 Å². The van der Waals surface area contributed by atoms with Crippen molar-refractivity contribution in [2.45, 2.75) is 6.92 Å². The van der Waals surface area contributed by atoms with Crippen LogP contribution in [0.25, 0.3) is 10.8 Å². The number of nitrogens with zero attached hydrogens (tertiary/aromatic N) is 5. The largest absolute Gasteiger partial charge is 0.368 e. The maximum atomic E-state index is 12.6. The number of aryl methyl sites for hydroxylation is 1. The number of amides is 2. The second kappa shape index (κ2) is 9.40. The van der Waals surface area contributed by atoms with Crippen molar-refractivity contribution in [3.63, 3.8) is 0 Å². The van der Waals surface area contributed by atoms with E-state index in [1.165, 1.54) is 11.3 Å². The maximum absolute atomic E-state index is 12.6. The lowest BCUT2D eigenvalue weighted by Crippen LogP contribution is -2.51. The third kappa shape index (κ3) is 5.00. The fraction of sp³-hybridized carbons (Fsp3) is 0.286. The fourth-order valence-corrected chi connectivity index (χ4v) is 4.46. The molecule has 2 aromatic heterocycles. The molecule has 3 heterocycles. The Morgan fingerprint density at radius 2 is 1.87 bits per heavy atom. The summed E-state index contributed by atoms with van der Waals surface area (Å²) in [6.07, 6.45) is 3.26. The zero-order valence-corrected chi connectivity index (χ0v) is 18.5. The van der Waals surface area contributed by atoms with E-state index >= 15 is 0 Å². The number of carbonyl (C=O) groups is 2. The first-order valence-electron chi connectivity index (χ1n) is 9.82. The number of carbonyl (C=O) groups excluding carboxylic acids is 2. The molecule has 31 heavy (non-hydrogen) atoms. The molecule has 1 aliphatic heterocycles. The second-order valence-electron chi connectivity index (χ2n) is 7.04. The van der Waals surface area contributed by atoms with Crippen molar-refractivity contribution in [2.24, 2.45) is 0 Å². The van der Waals surface area contributed by atoms with Crippen molar-refractivity contribution < 1.29 is 9.59 Å². The first-order valence-corrected chi connectivity index (χ1v) is 11.0. The first kappa shape index (κ1) is 21.2. The van der Waals surface area contributed by atoms with E-state index in [2.05, 4.69) is 25.2 Å². The molecule has 1 fully saturated rings. The zero-order chi connectivity index (χ0) is 21.8. The molecule has 0 bridgehead atoms. The zero-order valence-electron chi connectivity index (χ0n) is 16.9. The van der Waals surface area contributed by atoms with Crippen LogP contribution in [0.3, 0.4) is 0 Å². The number of thiazole rings is 1. The minimum atomic E-state index is -0.317. The molecule has 1 saturated heterocycles. The van der Waals surface area contributed by atoms with Crippen LogP contribution in [0.1, 0.15) is 15.4 Å². The van der Waals surface area contributed by atoms with Gasteiger partial charge in [0.1, 0.15) is 4.88 Å². The van der Waals surface area contributed by atoms with Crippen LogP contribution in [0.4, 0.5) is 5.69 Å². The van der Waals surface area contributed by atoms with Gasteiger partial charge in [-0.3, -0.25) is 9.59 Å². The van der Waals surface area contributed by atoms with Crippen molar-refractivity contribution in [1.82, 2.24) is 25.2 Å². The van der Waals surface area contributed by atoms with Gasteiger partial charge in [0, 0.05) is 49.3 Å². The smallest absolute Gasteiger partial charge is 0.263 e. The molecule has 0 radical (unpaired) electrons. The number of hydrogen-bond donors (Lipinski definition) is 1. The van der Waals surface area contributed by atoms with Gasteiger partial charge in [-0.25, -0.2) is 15.0 Å². The Bertz CT molecular complexity index is 1080. The molecule has 1 aromatic carbocycles. The van der Waals surface area contributed by atoms with Crippen LogP contribution in [0.2, 0.25) is 5.02 Å². The average Bonchev–Trinajstić information content (AvgIpc) is 3.19. The summed E-state index contributed by atoms with van der Waals surface area (Å²) in [5.41, 5.74) is 1.64. The van der Waals surface area contributed by atoms with Gasteiger partial charge in [-0.1, -0.05) is 17.7 Å². The molecule has 0 aliphatic carbocycles. The summed E-state index contributed by atoms with van der Waals surface area (Å²) < 4.78 is 0. The van der Waals surface area contributed by atoms with E-state index in [0.717, 1.165) is 5.69 Å². The normalized spacial score (nSPS) is 13.9. The highest BCUT2D eigenvalue weighted by atomic mass is 35.5. The van der Waals surface area contributed by atoms with Crippen molar-refractivity contribution in [3.8, 4) is 10.8 Å². The van der Waals surface area contributed by atoms with E-state index in [1.54, 1.807) is 30.3 Å². The molecule has 0 unspecified atom stereocenters.